The number of hydrazine groups is 1. The molecule has 2 N–H and O–H groups in total. The zero-order chi connectivity index (χ0) is 23.2. The van der Waals surface area contributed by atoms with Gasteiger partial charge in [0, 0.05) is 16.7 Å². The number of nitrogens with one attached hydrogen (secondary N) is 2. The second-order valence-corrected chi connectivity index (χ2v) is 7.02. The summed E-state index contributed by atoms with van der Waals surface area (Å²) >= 11 is 0. The van der Waals surface area contributed by atoms with Crippen molar-refractivity contribution in [1.29, 1.82) is 5.26 Å². The van der Waals surface area contributed by atoms with E-state index in [0.717, 1.165) is 16.7 Å². The second-order valence-electron chi connectivity index (χ2n) is 7.02. The average molecular weight is 437 g/mol. The van der Waals surface area contributed by atoms with Crippen LogP contribution in [0.4, 0.5) is 0 Å². The molecular formula is C26H19N3O4. The van der Waals surface area contributed by atoms with Crippen molar-refractivity contribution < 1.29 is 18.7 Å². The van der Waals surface area contributed by atoms with Crippen molar-refractivity contribution in [1.82, 2.24) is 10.9 Å². The lowest BCUT2D eigenvalue weighted by atomic mass is 9.96. The maximum atomic E-state index is 13.0. The molecule has 0 radical (unpaired) electrons. The van der Waals surface area contributed by atoms with Crippen molar-refractivity contribution in [2.45, 2.75) is 0 Å². The molecule has 0 atom stereocenters. The monoisotopic (exact) mass is 437 g/mol. The third kappa shape index (κ3) is 4.45. The van der Waals surface area contributed by atoms with E-state index in [1.807, 2.05) is 66.7 Å². The minimum Gasteiger partial charge on any atom is -0.495 e. The van der Waals surface area contributed by atoms with Gasteiger partial charge in [0.1, 0.15) is 11.8 Å². The summed E-state index contributed by atoms with van der Waals surface area (Å²) < 4.78 is 10.7. The van der Waals surface area contributed by atoms with Crippen LogP contribution in [0.2, 0.25) is 0 Å². The predicted octanol–water partition coefficient (Wildman–Crippen LogP) is 4.57. The number of nitrogens with zero attached hydrogens (tertiary/aromatic N) is 1. The molecular weight excluding hydrogens is 418 g/mol. The Morgan fingerprint density at radius 2 is 1.52 bits per heavy atom. The number of ether oxygens (including phenoxy) is 1. The Hall–Kier alpha value is -4.83. The van der Waals surface area contributed by atoms with Gasteiger partial charge >= 0.3 is 5.91 Å². The van der Waals surface area contributed by atoms with Crippen LogP contribution in [0.5, 0.6) is 5.75 Å². The Kier molecular flexibility index (Phi) is 6.19. The number of carbonyl (C=O) groups excluding carboxylic acids is 2. The maximum Gasteiger partial charge on any atom is 0.306 e. The van der Waals surface area contributed by atoms with E-state index in [-0.39, 0.29) is 16.9 Å². The van der Waals surface area contributed by atoms with Crippen LogP contribution >= 0.6 is 0 Å². The highest BCUT2D eigenvalue weighted by atomic mass is 16.5. The molecule has 0 aliphatic carbocycles. The lowest BCUT2D eigenvalue weighted by Crippen LogP contribution is -2.41. The van der Waals surface area contributed by atoms with Crippen LogP contribution in [-0.4, -0.2) is 18.9 Å². The Balaban J connectivity index is 1.60. The number of amides is 2. The molecule has 3 aromatic carbocycles. The number of hydrogen-bond acceptors (Lipinski definition) is 5. The van der Waals surface area contributed by atoms with Crippen molar-refractivity contribution in [3.05, 3.63) is 102 Å². The Morgan fingerprint density at radius 3 is 2.15 bits per heavy atom. The number of carbonyl (C=O) groups is 2. The van der Waals surface area contributed by atoms with E-state index in [9.17, 15) is 14.9 Å². The summed E-state index contributed by atoms with van der Waals surface area (Å²) in [7, 11) is 1.44. The van der Waals surface area contributed by atoms with Gasteiger partial charge in [-0.3, -0.25) is 20.4 Å². The third-order valence-corrected chi connectivity index (χ3v) is 5.02. The van der Waals surface area contributed by atoms with Gasteiger partial charge in [-0.2, -0.15) is 5.26 Å². The molecule has 0 saturated heterocycles. The Labute approximate surface area is 190 Å². The van der Waals surface area contributed by atoms with Gasteiger partial charge in [-0.15, -0.1) is 0 Å². The van der Waals surface area contributed by atoms with Crippen LogP contribution < -0.4 is 15.6 Å². The smallest absolute Gasteiger partial charge is 0.306 e. The molecule has 1 heterocycles. The topological polar surface area (TPSA) is 104 Å². The van der Waals surface area contributed by atoms with Crippen molar-refractivity contribution in [3.63, 3.8) is 0 Å². The van der Waals surface area contributed by atoms with Crippen LogP contribution in [0.1, 0.15) is 26.5 Å². The highest BCUT2D eigenvalue weighted by Gasteiger charge is 2.23. The molecule has 0 aliphatic rings. The zero-order valence-electron chi connectivity index (χ0n) is 17.7. The number of rotatable bonds is 5. The van der Waals surface area contributed by atoms with Crippen LogP contribution in [0.3, 0.4) is 0 Å². The lowest BCUT2D eigenvalue weighted by Gasteiger charge is -2.10. The van der Waals surface area contributed by atoms with Crippen LogP contribution in [-0.2, 0) is 0 Å². The van der Waals surface area contributed by atoms with Gasteiger partial charge in [-0.05, 0) is 29.3 Å². The first kappa shape index (κ1) is 21.4. The van der Waals surface area contributed by atoms with E-state index in [1.165, 1.54) is 31.6 Å². The van der Waals surface area contributed by atoms with E-state index in [4.69, 9.17) is 9.15 Å². The first-order valence-electron chi connectivity index (χ1n) is 10.0. The van der Waals surface area contributed by atoms with Gasteiger partial charge in [-0.1, -0.05) is 60.7 Å². The average Bonchev–Trinajstić information content (AvgIpc) is 3.33. The van der Waals surface area contributed by atoms with Crippen LogP contribution in [0.15, 0.2) is 89.5 Å². The summed E-state index contributed by atoms with van der Waals surface area (Å²) in [6.07, 6.45) is 1.52. The molecule has 0 fully saturated rings. The summed E-state index contributed by atoms with van der Waals surface area (Å²) in [4.78, 5) is 25.5. The summed E-state index contributed by atoms with van der Waals surface area (Å²) in [5.41, 5.74) is 8.23. The first-order valence-corrected chi connectivity index (χ1v) is 10.0. The van der Waals surface area contributed by atoms with Crippen molar-refractivity contribution in [3.8, 4) is 34.1 Å². The SMILES string of the molecule is COc1ccc(C(=O)NNC(=O)c2occ(-c3ccccc3)c2-c2ccccc2)cc1C#N. The molecule has 4 aromatic rings. The maximum absolute atomic E-state index is 13.0. The van der Waals surface area contributed by atoms with E-state index in [2.05, 4.69) is 10.9 Å². The van der Waals surface area contributed by atoms with E-state index >= 15 is 0 Å². The largest absolute Gasteiger partial charge is 0.495 e. The third-order valence-electron chi connectivity index (χ3n) is 5.02. The van der Waals surface area contributed by atoms with Gasteiger partial charge in [0.05, 0.1) is 18.9 Å². The molecule has 2 amide bonds. The summed E-state index contributed by atoms with van der Waals surface area (Å²) in [6.45, 7) is 0. The minimum absolute atomic E-state index is 0.0628. The minimum atomic E-state index is -0.613. The molecule has 162 valence electrons. The van der Waals surface area contributed by atoms with Crippen molar-refractivity contribution in [2.24, 2.45) is 0 Å². The van der Waals surface area contributed by atoms with Crippen molar-refractivity contribution in [2.75, 3.05) is 7.11 Å². The standard InChI is InChI=1S/C26H19N3O4/c1-32-22-13-12-19(14-20(22)15-27)25(30)28-29-26(31)24-23(18-10-6-3-7-11-18)21(16-33-24)17-8-4-2-5-9-17/h2-14,16H,1H3,(H,28,30)(H,29,31). The summed E-state index contributed by atoms with van der Waals surface area (Å²) in [5, 5.41) is 9.21. The fraction of sp³-hybridized carbons (Fsp3) is 0.0385. The lowest BCUT2D eigenvalue weighted by molar-refractivity contribution is 0.0831. The van der Waals surface area contributed by atoms with E-state index < -0.39 is 11.8 Å². The van der Waals surface area contributed by atoms with Crippen LogP contribution in [0.25, 0.3) is 22.3 Å². The number of furan rings is 1. The fourth-order valence-corrected chi connectivity index (χ4v) is 3.43. The normalized spacial score (nSPS) is 10.2. The Morgan fingerprint density at radius 1 is 0.879 bits per heavy atom. The van der Waals surface area contributed by atoms with Crippen molar-refractivity contribution >= 4 is 11.8 Å². The highest BCUT2D eigenvalue weighted by molar-refractivity contribution is 6.04. The fourth-order valence-electron chi connectivity index (χ4n) is 3.43. The summed E-state index contributed by atoms with van der Waals surface area (Å²) in [6, 6.07) is 25.3. The quantitative estimate of drug-likeness (QED) is 0.445. The van der Waals surface area contributed by atoms with Gasteiger partial charge in [0.2, 0.25) is 5.76 Å². The number of benzene rings is 3. The van der Waals surface area contributed by atoms with Crippen LogP contribution in [0, 0.1) is 11.3 Å². The van der Waals surface area contributed by atoms with Gasteiger partial charge < -0.3 is 9.15 Å². The number of nitriles is 1. The highest BCUT2D eigenvalue weighted by Crippen LogP contribution is 2.36. The second kappa shape index (κ2) is 9.54. The van der Waals surface area contributed by atoms with E-state index in [1.54, 1.807) is 0 Å². The summed E-state index contributed by atoms with van der Waals surface area (Å²) in [5.74, 6) is -0.778. The number of hydrogen-bond donors (Lipinski definition) is 2. The molecule has 0 spiro atoms. The first-order chi connectivity index (χ1) is 16.1. The van der Waals surface area contributed by atoms with Gasteiger partial charge in [0.15, 0.2) is 0 Å². The van der Waals surface area contributed by atoms with Gasteiger partial charge in [0.25, 0.3) is 5.91 Å². The zero-order valence-corrected chi connectivity index (χ0v) is 17.7. The molecule has 0 unspecified atom stereocenters. The molecule has 7 heteroatoms. The molecule has 0 bridgehead atoms. The number of methoxy groups -OCH3 is 1. The Bertz CT molecular complexity index is 1340. The molecule has 33 heavy (non-hydrogen) atoms. The molecule has 0 aliphatic heterocycles. The molecule has 1 aromatic heterocycles. The molecule has 7 nitrogen and oxygen atoms in total. The molecule has 0 saturated carbocycles. The van der Waals surface area contributed by atoms with Gasteiger partial charge in [-0.25, -0.2) is 0 Å². The predicted molar refractivity (Wildman–Crippen MR) is 122 cm³/mol. The molecule has 4 rings (SSSR count). The van der Waals surface area contributed by atoms with E-state index in [0.29, 0.717) is 11.3 Å².